The molecule has 2 N–H and O–H groups in total. The highest BCUT2D eigenvalue weighted by Gasteiger charge is 2.39. The Morgan fingerprint density at radius 2 is 2.00 bits per heavy atom. The Morgan fingerprint density at radius 1 is 1.19 bits per heavy atom. The number of nitrogens with one attached hydrogen (secondary N) is 2. The molecule has 162 valence electrons. The van der Waals surface area contributed by atoms with Crippen molar-refractivity contribution in [2.45, 2.75) is 50.3 Å². The van der Waals surface area contributed by atoms with E-state index in [1.54, 1.807) is 11.8 Å². The third-order valence-electron chi connectivity index (χ3n) is 6.27. The maximum absolute atomic E-state index is 12.8. The second-order valence-electron chi connectivity index (χ2n) is 8.73. The van der Waals surface area contributed by atoms with Crippen molar-refractivity contribution in [1.29, 1.82) is 0 Å². The van der Waals surface area contributed by atoms with Gasteiger partial charge in [-0.05, 0) is 49.3 Å². The van der Waals surface area contributed by atoms with Crippen molar-refractivity contribution < 1.29 is 9.59 Å². The second kappa shape index (κ2) is 9.73. The molecule has 1 saturated carbocycles. The topological polar surface area (TPSA) is 58.2 Å². The number of aryl methyl sites for hydroxylation is 1. The molecule has 0 aromatic heterocycles. The highest BCUT2D eigenvalue weighted by Crippen LogP contribution is 2.40. The van der Waals surface area contributed by atoms with Crippen molar-refractivity contribution in [3.8, 4) is 0 Å². The minimum absolute atomic E-state index is 0.0217. The first kappa shape index (κ1) is 21.7. The minimum Gasteiger partial charge on any atom is -0.355 e. The fraction of sp³-hybridized carbons (Fsp3) is 0.385. The number of amides is 2. The molecule has 0 bridgehead atoms. The van der Waals surface area contributed by atoms with E-state index in [-0.39, 0.29) is 29.7 Å². The smallest absolute Gasteiger partial charge is 0.257 e. The minimum atomic E-state index is -0.0348. The Morgan fingerprint density at radius 3 is 2.77 bits per heavy atom. The second-order valence-corrected chi connectivity index (χ2v) is 10.0. The molecule has 0 radical (unpaired) electrons. The van der Waals surface area contributed by atoms with Crippen LogP contribution in [0.5, 0.6) is 0 Å². The van der Waals surface area contributed by atoms with Crippen LogP contribution >= 0.6 is 11.8 Å². The molecule has 2 aliphatic rings. The van der Waals surface area contributed by atoms with Crippen LogP contribution in [0.25, 0.3) is 6.08 Å². The Bertz CT molecular complexity index is 972. The summed E-state index contributed by atoms with van der Waals surface area (Å²) >= 11 is 1.67. The lowest BCUT2D eigenvalue weighted by atomic mass is 9.84. The van der Waals surface area contributed by atoms with E-state index in [4.69, 9.17) is 0 Å². The quantitative estimate of drug-likeness (QED) is 0.673. The molecule has 1 aliphatic carbocycles. The molecule has 2 aromatic rings. The summed E-state index contributed by atoms with van der Waals surface area (Å²) in [6, 6.07) is 18.5. The van der Waals surface area contributed by atoms with E-state index in [9.17, 15) is 9.59 Å². The summed E-state index contributed by atoms with van der Waals surface area (Å²) in [6.07, 6.45) is 4.50. The molecule has 4 atom stereocenters. The zero-order valence-electron chi connectivity index (χ0n) is 18.1. The van der Waals surface area contributed by atoms with Gasteiger partial charge in [-0.15, -0.1) is 11.8 Å². The predicted molar refractivity (Wildman–Crippen MR) is 128 cm³/mol. The van der Waals surface area contributed by atoms with Gasteiger partial charge < -0.3 is 10.6 Å². The van der Waals surface area contributed by atoms with Gasteiger partial charge in [0.15, 0.2) is 0 Å². The lowest BCUT2D eigenvalue weighted by Crippen LogP contribution is -2.51. The average molecular weight is 435 g/mol. The lowest BCUT2D eigenvalue weighted by molar-refractivity contribution is -0.127. The average Bonchev–Trinajstić information content (AvgIpc) is 2.78. The Kier molecular flexibility index (Phi) is 6.81. The normalized spacial score (nSPS) is 25.4. The summed E-state index contributed by atoms with van der Waals surface area (Å²) in [5, 5.41) is 6.64. The standard InChI is InChI=1S/C26H30N2O2S/c1-17-7-6-8-19(13-17)14-24-26(30)28-22-15-21(11-12-23(22)31-24)25(29)27-16-18(2)20-9-4-3-5-10-20/h3-10,13-14,18,21-23H,11-12,15-16H2,1-2H3,(H,27,29)(H,28,30)/b24-14+. The molecule has 1 saturated heterocycles. The molecule has 0 spiro atoms. The molecule has 1 heterocycles. The van der Waals surface area contributed by atoms with Crippen molar-refractivity contribution in [1.82, 2.24) is 10.6 Å². The van der Waals surface area contributed by atoms with E-state index < -0.39 is 0 Å². The Balaban J connectivity index is 1.32. The molecule has 5 heteroatoms. The van der Waals surface area contributed by atoms with Crippen LogP contribution in [0.3, 0.4) is 0 Å². The summed E-state index contributed by atoms with van der Waals surface area (Å²) in [5.41, 5.74) is 3.47. The van der Waals surface area contributed by atoms with Crippen LogP contribution in [0.1, 0.15) is 48.8 Å². The number of hydrogen-bond donors (Lipinski definition) is 2. The molecule has 31 heavy (non-hydrogen) atoms. The van der Waals surface area contributed by atoms with Gasteiger partial charge in [0, 0.05) is 23.8 Å². The SMILES string of the molecule is Cc1cccc(/C=C2/SC3CCC(C(=O)NCC(C)c4ccccc4)CC3NC2=O)c1. The third-order valence-corrected chi connectivity index (χ3v) is 7.69. The van der Waals surface area contributed by atoms with Crippen LogP contribution in [-0.4, -0.2) is 29.7 Å². The van der Waals surface area contributed by atoms with Crippen LogP contribution < -0.4 is 10.6 Å². The highest BCUT2D eigenvalue weighted by molar-refractivity contribution is 8.04. The number of carbonyl (C=O) groups excluding carboxylic acids is 2. The number of thioether (sulfide) groups is 1. The van der Waals surface area contributed by atoms with Crippen molar-refractivity contribution >= 4 is 29.7 Å². The fourth-order valence-corrected chi connectivity index (χ4v) is 5.73. The first-order valence-corrected chi connectivity index (χ1v) is 12.0. The summed E-state index contributed by atoms with van der Waals surface area (Å²) in [4.78, 5) is 26.2. The number of benzene rings is 2. The zero-order valence-corrected chi connectivity index (χ0v) is 19.0. The van der Waals surface area contributed by atoms with Crippen molar-refractivity contribution in [2.75, 3.05) is 6.54 Å². The lowest BCUT2D eigenvalue weighted by Gasteiger charge is -2.39. The monoisotopic (exact) mass is 434 g/mol. The van der Waals surface area contributed by atoms with Crippen LogP contribution in [0.4, 0.5) is 0 Å². The van der Waals surface area contributed by atoms with Crippen molar-refractivity contribution in [2.24, 2.45) is 5.92 Å². The first-order valence-electron chi connectivity index (χ1n) is 11.1. The molecule has 2 amide bonds. The van der Waals surface area contributed by atoms with Gasteiger partial charge in [0.1, 0.15) is 0 Å². The Hall–Kier alpha value is -2.53. The Labute approximate surface area is 188 Å². The van der Waals surface area contributed by atoms with E-state index in [1.165, 1.54) is 11.1 Å². The van der Waals surface area contributed by atoms with Gasteiger partial charge in [-0.25, -0.2) is 0 Å². The molecular formula is C26H30N2O2S. The van der Waals surface area contributed by atoms with Crippen LogP contribution in [0.15, 0.2) is 59.5 Å². The molecule has 2 fully saturated rings. The summed E-state index contributed by atoms with van der Waals surface area (Å²) in [5.74, 6) is 0.335. The van der Waals surface area contributed by atoms with Gasteiger partial charge in [-0.1, -0.05) is 67.1 Å². The predicted octanol–water partition coefficient (Wildman–Crippen LogP) is 4.66. The van der Waals surface area contributed by atoms with Crippen LogP contribution in [-0.2, 0) is 9.59 Å². The van der Waals surface area contributed by atoms with Gasteiger partial charge in [-0.3, -0.25) is 9.59 Å². The van der Waals surface area contributed by atoms with E-state index in [2.05, 4.69) is 48.7 Å². The van der Waals surface area contributed by atoms with Gasteiger partial charge >= 0.3 is 0 Å². The van der Waals surface area contributed by atoms with E-state index >= 15 is 0 Å². The number of rotatable bonds is 5. The van der Waals surface area contributed by atoms with Gasteiger partial charge in [0.25, 0.3) is 5.91 Å². The molecule has 2 aromatic carbocycles. The van der Waals surface area contributed by atoms with E-state index in [0.29, 0.717) is 18.2 Å². The van der Waals surface area contributed by atoms with Crippen molar-refractivity contribution in [3.05, 3.63) is 76.2 Å². The number of fused-ring (bicyclic) bond motifs is 1. The molecule has 4 nitrogen and oxygen atoms in total. The van der Waals surface area contributed by atoms with Gasteiger partial charge in [-0.2, -0.15) is 0 Å². The highest BCUT2D eigenvalue weighted by atomic mass is 32.2. The molecule has 1 aliphatic heterocycles. The van der Waals surface area contributed by atoms with Crippen molar-refractivity contribution in [3.63, 3.8) is 0 Å². The van der Waals surface area contributed by atoms with Gasteiger partial charge in [0.05, 0.1) is 4.91 Å². The zero-order chi connectivity index (χ0) is 21.8. The third kappa shape index (κ3) is 5.40. The van der Waals surface area contributed by atoms with E-state index in [0.717, 1.165) is 23.3 Å². The van der Waals surface area contributed by atoms with Crippen LogP contribution in [0.2, 0.25) is 0 Å². The molecular weight excluding hydrogens is 404 g/mol. The summed E-state index contributed by atoms with van der Waals surface area (Å²) < 4.78 is 0. The summed E-state index contributed by atoms with van der Waals surface area (Å²) in [6.45, 7) is 4.82. The fourth-order valence-electron chi connectivity index (χ4n) is 4.44. The number of carbonyl (C=O) groups is 2. The molecule has 4 rings (SSSR count). The molecule has 4 unspecified atom stereocenters. The number of hydrogen-bond acceptors (Lipinski definition) is 3. The van der Waals surface area contributed by atoms with Gasteiger partial charge in [0.2, 0.25) is 5.91 Å². The summed E-state index contributed by atoms with van der Waals surface area (Å²) in [7, 11) is 0. The first-order chi connectivity index (χ1) is 15.0. The maximum Gasteiger partial charge on any atom is 0.257 e. The largest absolute Gasteiger partial charge is 0.355 e. The van der Waals surface area contributed by atoms with Crippen LogP contribution in [0, 0.1) is 12.8 Å². The van der Waals surface area contributed by atoms with E-state index in [1.807, 2.05) is 36.4 Å². The maximum atomic E-state index is 12.8.